The number of methoxy groups -OCH3 is 2. The van der Waals surface area contributed by atoms with Gasteiger partial charge in [0, 0.05) is 14.7 Å². The molecule has 2 rings (SSSR count). The number of nitrogens with one attached hydrogen (secondary N) is 1. The molecule has 1 atom stereocenters. The van der Waals surface area contributed by atoms with E-state index in [9.17, 15) is 0 Å². The van der Waals surface area contributed by atoms with Crippen molar-refractivity contribution in [3.8, 4) is 11.5 Å². The maximum Gasteiger partial charge on any atom is 0.127 e. The average molecular weight is 370 g/mol. The van der Waals surface area contributed by atoms with Gasteiger partial charge in [-0.25, -0.2) is 0 Å². The molecule has 1 unspecified atom stereocenters. The van der Waals surface area contributed by atoms with Gasteiger partial charge in [0.2, 0.25) is 0 Å². The van der Waals surface area contributed by atoms with Crippen LogP contribution in [-0.2, 0) is 0 Å². The molecule has 0 radical (unpaired) electrons. The van der Waals surface area contributed by atoms with Crippen molar-refractivity contribution in [1.82, 2.24) is 5.32 Å². The van der Waals surface area contributed by atoms with Gasteiger partial charge in [0.15, 0.2) is 0 Å². The maximum atomic E-state index is 5.55. The molecule has 21 heavy (non-hydrogen) atoms. The molecule has 1 N–H and O–H groups in total. The zero-order chi connectivity index (χ0) is 15.2. The Morgan fingerprint density at radius 1 is 1.24 bits per heavy atom. The summed E-state index contributed by atoms with van der Waals surface area (Å²) in [5.41, 5.74) is 1.05. The molecule has 114 valence electrons. The van der Waals surface area contributed by atoms with Crippen LogP contribution in [0, 0.1) is 0 Å². The predicted molar refractivity (Wildman–Crippen MR) is 91.7 cm³/mol. The first kappa shape index (κ1) is 16.3. The van der Waals surface area contributed by atoms with Crippen molar-refractivity contribution in [1.29, 1.82) is 0 Å². The van der Waals surface area contributed by atoms with Crippen LogP contribution in [0.5, 0.6) is 11.5 Å². The lowest BCUT2D eigenvalue weighted by Gasteiger charge is -2.22. The van der Waals surface area contributed by atoms with Gasteiger partial charge in [-0.3, -0.25) is 0 Å². The molecular weight excluding hydrogens is 350 g/mol. The smallest absolute Gasteiger partial charge is 0.127 e. The molecule has 0 bridgehead atoms. The fourth-order valence-corrected chi connectivity index (χ4v) is 3.81. The van der Waals surface area contributed by atoms with Gasteiger partial charge in [-0.15, -0.1) is 11.3 Å². The lowest BCUT2D eigenvalue weighted by Crippen LogP contribution is -2.23. The number of rotatable bonds is 7. The Labute approximate surface area is 138 Å². The molecule has 1 aromatic heterocycles. The minimum atomic E-state index is 0.0624. The van der Waals surface area contributed by atoms with Gasteiger partial charge < -0.3 is 14.8 Å². The van der Waals surface area contributed by atoms with E-state index in [0.29, 0.717) is 0 Å². The Kier molecular flexibility index (Phi) is 6.08. The van der Waals surface area contributed by atoms with Gasteiger partial charge in [-0.05, 0) is 47.1 Å². The number of ether oxygens (including phenoxy) is 2. The average Bonchev–Trinajstić information content (AvgIpc) is 2.94. The Balaban J connectivity index is 2.50. The third-order valence-corrected chi connectivity index (χ3v) is 4.98. The second-order valence-corrected chi connectivity index (χ2v) is 6.49. The zero-order valence-corrected chi connectivity index (χ0v) is 14.9. The van der Waals surface area contributed by atoms with E-state index in [0.717, 1.165) is 34.5 Å². The molecule has 0 amide bonds. The van der Waals surface area contributed by atoms with E-state index in [1.807, 2.05) is 18.2 Å². The SMILES string of the molecule is CCCNC(c1cc(Br)cs1)c1c(OC)cccc1OC. The topological polar surface area (TPSA) is 30.5 Å². The van der Waals surface area contributed by atoms with Gasteiger partial charge in [-0.2, -0.15) is 0 Å². The van der Waals surface area contributed by atoms with Crippen LogP contribution in [0.1, 0.15) is 29.8 Å². The van der Waals surface area contributed by atoms with Gasteiger partial charge in [-0.1, -0.05) is 13.0 Å². The monoisotopic (exact) mass is 369 g/mol. The summed E-state index contributed by atoms with van der Waals surface area (Å²) in [5, 5.41) is 5.69. The molecule has 3 nitrogen and oxygen atoms in total. The summed E-state index contributed by atoms with van der Waals surface area (Å²) in [6.45, 7) is 3.09. The first-order valence-electron chi connectivity index (χ1n) is 6.89. The van der Waals surface area contributed by atoms with Crippen molar-refractivity contribution < 1.29 is 9.47 Å². The lowest BCUT2D eigenvalue weighted by atomic mass is 10.0. The molecule has 0 aliphatic rings. The van der Waals surface area contributed by atoms with Crippen molar-refractivity contribution in [2.45, 2.75) is 19.4 Å². The third kappa shape index (κ3) is 3.78. The first-order valence-corrected chi connectivity index (χ1v) is 8.56. The largest absolute Gasteiger partial charge is 0.496 e. The predicted octanol–water partition coefficient (Wildman–Crippen LogP) is 4.62. The Hall–Kier alpha value is -1.04. The molecule has 0 saturated heterocycles. The van der Waals surface area contributed by atoms with Gasteiger partial charge in [0.05, 0.1) is 25.8 Å². The molecule has 0 aliphatic heterocycles. The molecule has 0 saturated carbocycles. The molecule has 0 aliphatic carbocycles. The van der Waals surface area contributed by atoms with Crippen LogP contribution in [0.15, 0.2) is 34.1 Å². The van der Waals surface area contributed by atoms with Crippen LogP contribution < -0.4 is 14.8 Å². The fraction of sp³-hybridized carbons (Fsp3) is 0.375. The molecule has 1 heterocycles. The van der Waals surface area contributed by atoms with E-state index < -0.39 is 0 Å². The second-order valence-electron chi connectivity index (χ2n) is 4.63. The Morgan fingerprint density at radius 2 is 1.90 bits per heavy atom. The van der Waals surface area contributed by atoms with E-state index in [4.69, 9.17) is 9.47 Å². The van der Waals surface area contributed by atoms with Crippen LogP contribution in [0.4, 0.5) is 0 Å². The van der Waals surface area contributed by atoms with Gasteiger partial charge in [0.1, 0.15) is 11.5 Å². The van der Waals surface area contributed by atoms with E-state index in [1.54, 1.807) is 25.6 Å². The van der Waals surface area contributed by atoms with E-state index in [2.05, 4.69) is 39.6 Å². The van der Waals surface area contributed by atoms with Crippen LogP contribution in [0.25, 0.3) is 0 Å². The summed E-state index contributed by atoms with van der Waals surface area (Å²) in [6.07, 6.45) is 1.07. The lowest BCUT2D eigenvalue weighted by molar-refractivity contribution is 0.377. The van der Waals surface area contributed by atoms with E-state index >= 15 is 0 Å². The third-order valence-electron chi connectivity index (χ3n) is 3.23. The van der Waals surface area contributed by atoms with Crippen molar-refractivity contribution in [2.24, 2.45) is 0 Å². The second kappa shape index (κ2) is 7.82. The standard InChI is InChI=1S/C16H20BrNO2S/c1-4-8-18-16(14-9-11(17)10-21-14)15-12(19-2)6-5-7-13(15)20-3/h5-7,9-10,16,18H,4,8H2,1-3H3. The maximum absolute atomic E-state index is 5.55. The van der Waals surface area contributed by atoms with Crippen molar-refractivity contribution in [3.05, 3.63) is 44.6 Å². The number of thiophene rings is 1. The highest BCUT2D eigenvalue weighted by Crippen LogP contribution is 2.39. The van der Waals surface area contributed by atoms with E-state index in [-0.39, 0.29) is 6.04 Å². The van der Waals surface area contributed by atoms with Crippen LogP contribution in [-0.4, -0.2) is 20.8 Å². The summed E-state index contributed by atoms with van der Waals surface area (Å²) in [6, 6.07) is 8.10. The minimum absolute atomic E-state index is 0.0624. The first-order chi connectivity index (χ1) is 10.2. The van der Waals surface area contributed by atoms with Crippen LogP contribution >= 0.6 is 27.3 Å². The Bertz CT molecular complexity index is 563. The quantitative estimate of drug-likeness (QED) is 0.772. The van der Waals surface area contributed by atoms with Crippen LogP contribution in [0.2, 0.25) is 0 Å². The number of halogens is 1. The van der Waals surface area contributed by atoms with Gasteiger partial charge >= 0.3 is 0 Å². The van der Waals surface area contributed by atoms with Crippen molar-refractivity contribution in [3.63, 3.8) is 0 Å². The fourth-order valence-electron chi connectivity index (χ4n) is 2.28. The Morgan fingerprint density at radius 3 is 2.38 bits per heavy atom. The number of benzene rings is 1. The highest BCUT2D eigenvalue weighted by molar-refractivity contribution is 9.10. The molecule has 2 aromatic rings. The molecule has 0 spiro atoms. The normalized spacial score (nSPS) is 12.2. The highest BCUT2D eigenvalue weighted by atomic mass is 79.9. The zero-order valence-electron chi connectivity index (χ0n) is 12.5. The van der Waals surface area contributed by atoms with Crippen molar-refractivity contribution >= 4 is 27.3 Å². The summed E-state index contributed by atoms with van der Waals surface area (Å²) < 4.78 is 12.2. The molecule has 0 fully saturated rings. The van der Waals surface area contributed by atoms with E-state index in [1.165, 1.54) is 4.88 Å². The highest BCUT2D eigenvalue weighted by Gasteiger charge is 2.23. The summed E-state index contributed by atoms with van der Waals surface area (Å²) in [7, 11) is 3.39. The minimum Gasteiger partial charge on any atom is -0.496 e. The van der Waals surface area contributed by atoms with Crippen molar-refractivity contribution in [2.75, 3.05) is 20.8 Å². The summed E-state index contributed by atoms with van der Waals surface area (Å²) in [5.74, 6) is 1.68. The van der Waals surface area contributed by atoms with Gasteiger partial charge in [0.25, 0.3) is 0 Å². The van der Waals surface area contributed by atoms with Crippen LogP contribution in [0.3, 0.4) is 0 Å². The molecular formula is C16H20BrNO2S. The number of hydrogen-bond acceptors (Lipinski definition) is 4. The molecule has 5 heteroatoms. The number of hydrogen-bond donors (Lipinski definition) is 1. The molecule has 1 aromatic carbocycles. The summed E-state index contributed by atoms with van der Waals surface area (Å²) in [4.78, 5) is 1.23. The summed E-state index contributed by atoms with van der Waals surface area (Å²) >= 11 is 5.25.